The van der Waals surface area contributed by atoms with Gasteiger partial charge in [0.1, 0.15) is 0 Å². The van der Waals surface area contributed by atoms with Crippen molar-refractivity contribution < 1.29 is 9.90 Å². The van der Waals surface area contributed by atoms with E-state index in [1.54, 1.807) is 30.3 Å². The van der Waals surface area contributed by atoms with Crippen molar-refractivity contribution in [3.63, 3.8) is 0 Å². The van der Waals surface area contributed by atoms with Gasteiger partial charge in [0.05, 0.1) is 10.6 Å². The molecule has 0 amide bonds. The van der Waals surface area contributed by atoms with Crippen LogP contribution in [0.1, 0.15) is 10.4 Å². The van der Waals surface area contributed by atoms with E-state index in [9.17, 15) is 4.79 Å². The maximum atomic E-state index is 11.0. The largest absolute Gasteiger partial charge is 0.478 e. The lowest BCUT2D eigenvalue weighted by Crippen LogP contribution is -1.97. The Morgan fingerprint density at radius 1 is 1.00 bits per heavy atom. The Balaban J connectivity index is 2.27. The predicted molar refractivity (Wildman–Crippen MR) is 74.0 cm³/mol. The average molecular weight is 299 g/mol. The first-order chi connectivity index (χ1) is 8.56. The van der Waals surface area contributed by atoms with Crippen molar-refractivity contribution in [3.05, 3.63) is 58.1 Å². The highest BCUT2D eigenvalue weighted by molar-refractivity contribution is 7.99. The summed E-state index contributed by atoms with van der Waals surface area (Å²) < 4.78 is 0. The summed E-state index contributed by atoms with van der Waals surface area (Å²) in [6.45, 7) is 0. The predicted octanol–water partition coefficient (Wildman–Crippen LogP) is 4.84. The van der Waals surface area contributed by atoms with E-state index in [1.165, 1.54) is 11.8 Å². The second kappa shape index (κ2) is 5.65. The molecule has 2 aromatic carbocycles. The summed E-state index contributed by atoms with van der Waals surface area (Å²) >= 11 is 13.1. The third-order valence-electron chi connectivity index (χ3n) is 2.22. The average Bonchev–Trinajstić information content (AvgIpc) is 2.34. The van der Waals surface area contributed by atoms with E-state index in [1.807, 2.05) is 12.1 Å². The quantitative estimate of drug-likeness (QED) is 0.881. The molecule has 1 N–H and O–H groups in total. The molecular formula is C13H8Cl2O2S. The Morgan fingerprint density at radius 3 is 2.22 bits per heavy atom. The summed E-state index contributed by atoms with van der Waals surface area (Å²) in [7, 11) is 0. The minimum Gasteiger partial charge on any atom is -0.478 e. The van der Waals surface area contributed by atoms with Gasteiger partial charge in [-0.05, 0) is 42.5 Å². The molecule has 5 heteroatoms. The van der Waals surface area contributed by atoms with Gasteiger partial charge in [0, 0.05) is 14.8 Å². The number of carbonyl (C=O) groups is 1. The fourth-order valence-electron chi connectivity index (χ4n) is 1.37. The van der Waals surface area contributed by atoms with E-state index < -0.39 is 5.97 Å². The number of benzene rings is 2. The van der Waals surface area contributed by atoms with Crippen LogP contribution in [0.4, 0.5) is 0 Å². The lowest BCUT2D eigenvalue weighted by Gasteiger charge is -2.04. The molecule has 0 spiro atoms. The van der Waals surface area contributed by atoms with Gasteiger partial charge in [-0.2, -0.15) is 0 Å². The van der Waals surface area contributed by atoms with Gasteiger partial charge in [0.25, 0.3) is 0 Å². The van der Waals surface area contributed by atoms with E-state index in [0.29, 0.717) is 5.02 Å². The van der Waals surface area contributed by atoms with E-state index in [0.717, 1.165) is 9.79 Å². The van der Waals surface area contributed by atoms with Crippen molar-refractivity contribution in [2.24, 2.45) is 0 Å². The summed E-state index contributed by atoms with van der Waals surface area (Å²) in [5.41, 5.74) is 0.107. The van der Waals surface area contributed by atoms with Gasteiger partial charge in [0.15, 0.2) is 0 Å². The van der Waals surface area contributed by atoms with Crippen LogP contribution in [-0.4, -0.2) is 11.1 Å². The smallest absolute Gasteiger partial charge is 0.337 e. The Bertz CT molecular complexity index is 582. The maximum Gasteiger partial charge on any atom is 0.337 e. The molecule has 0 aliphatic rings. The molecule has 0 saturated heterocycles. The number of hydrogen-bond acceptors (Lipinski definition) is 2. The third kappa shape index (κ3) is 3.19. The zero-order chi connectivity index (χ0) is 13.1. The van der Waals surface area contributed by atoms with Gasteiger partial charge in [-0.25, -0.2) is 4.79 Å². The zero-order valence-electron chi connectivity index (χ0n) is 9.06. The minimum absolute atomic E-state index is 0.107. The fraction of sp³-hybridized carbons (Fsp3) is 0. The Morgan fingerprint density at radius 2 is 1.61 bits per heavy atom. The van der Waals surface area contributed by atoms with Crippen LogP contribution < -0.4 is 0 Å². The van der Waals surface area contributed by atoms with Crippen LogP contribution in [0.3, 0.4) is 0 Å². The van der Waals surface area contributed by atoms with Crippen LogP contribution >= 0.6 is 35.0 Å². The lowest BCUT2D eigenvalue weighted by atomic mass is 10.2. The first-order valence-corrected chi connectivity index (χ1v) is 6.60. The molecule has 2 aromatic rings. The van der Waals surface area contributed by atoms with E-state index in [2.05, 4.69) is 0 Å². The van der Waals surface area contributed by atoms with Crippen LogP contribution in [0.2, 0.25) is 10.0 Å². The molecule has 0 unspecified atom stereocenters. The van der Waals surface area contributed by atoms with E-state index >= 15 is 0 Å². The molecule has 2 nitrogen and oxygen atoms in total. The number of carboxylic acid groups (broad SMARTS) is 1. The number of hydrogen-bond donors (Lipinski definition) is 1. The van der Waals surface area contributed by atoms with Crippen LogP contribution in [-0.2, 0) is 0 Å². The maximum absolute atomic E-state index is 11.0. The SMILES string of the molecule is O=C(O)c1cc(Sc2ccc(Cl)cc2)ccc1Cl. The molecule has 18 heavy (non-hydrogen) atoms. The Kier molecular flexibility index (Phi) is 4.17. The number of rotatable bonds is 3. The van der Waals surface area contributed by atoms with Crippen molar-refractivity contribution in [3.8, 4) is 0 Å². The van der Waals surface area contributed by atoms with Gasteiger partial charge < -0.3 is 5.11 Å². The highest BCUT2D eigenvalue weighted by atomic mass is 35.5. The fourth-order valence-corrected chi connectivity index (χ4v) is 2.55. The summed E-state index contributed by atoms with van der Waals surface area (Å²) in [6, 6.07) is 12.3. The number of aromatic carboxylic acids is 1. The van der Waals surface area contributed by atoms with Crippen LogP contribution in [0, 0.1) is 0 Å². The van der Waals surface area contributed by atoms with Gasteiger partial charge in [-0.1, -0.05) is 35.0 Å². The molecule has 2 rings (SSSR count). The molecule has 0 bridgehead atoms. The summed E-state index contributed by atoms with van der Waals surface area (Å²) in [5.74, 6) is -1.03. The van der Waals surface area contributed by atoms with Crippen molar-refractivity contribution in [2.75, 3.05) is 0 Å². The molecule has 0 atom stereocenters. The molecule has 0 heterocycles. The van der Waals surface area contributed by atoms with Crippen molar-refractivity contribution in [1.82, 2.24) is 0 Å². The third-order valence-corrected chi connectivity index (χ3v) is 3.80. The molecule has 0 radical (unpaired) electrons. The molecular weight excluding hydrogens is 291 g/mol. The van der Waals surface area contributed by atoms with Crippen LogP contribution in [0.5, 0.6) is 0 Å². The minimum atomic E-state index is -1.03. The topological polar surface area (TPSA) is 37.3 Å². The molecule has 0 aliphatic carbocycles. The standard InChI is InChI=1S/C13H8Cl2O2S/c14-8-1-3-9(4-2-8)18-10-5-6-12(15)11(7-10)13(16)17/h1-7H,(H,16,17). The van der Waals surface area contributed by atoms with Crippen LogP contribution in [0.25, 0.3) is 0 Å². The van der Waals surface area contributed by atoms with Crippen LogP contribution in [0.15, 0.2) is 52.3 Å². The summed E-state index contributed by atoms with van der Waals surface area (Å²) in [5, 5.41) is 9.89. The normalized spacial score (nSPS) is 10.3. The van der Waals surface area contributed by atoms with Gasteiger partial charge >= 0.3 is 5.97 Å². The zero-order valence-corrected chi connectivity index (χ0v) is 11.4. The van der Waals surface area contributed by atoms with Gasteiger partial charge in [0.2, 0.25) is 0 Å². The second-order valence-corrected chi connectivity index (χ2v) is 5.49. The van der Waals surface area contributed by atoms with Crippen molar-refractivity contribution in [2.45, 2.75) is 9.79 Å². The Labute approximate surface area is 119 Å². The Hall–Kier alpha value is -1.16. The molecule has 0 aliphatic heterocycles. The van der Waals surface area contributed by atoms with E-state index in [4.69, 9.17) is 28.3 Å². The monoisotopic (exact) mass is 298 g/mol. The number of carboxylic acids is 1. The van der Waals surface area contributed by atoms with Crippen molar-refractivity contribution in [1.29, 1.82) is 0 Å². The van der Waals surface area contributed by atoms with Gasteiger partial charge in [-0.3, -0.25) is 0 Å². The highest BCUT2D eigenvalue weighted by Gasteiger charge is 2.09. The first kappa shape index (κ1) is 13.3. The molecule has 92 valence electrons. The number of halogens is 2. The molecule has 0 saturated carbocycles. The first-order valence-electron chi connectivity index (χ1n) is 5.02. The summed E-state index contributed by atoms with van der Waals surface area (Å²) in [6.07, 6.45) is 0. The highest BCUT2D eigenvalue weighted by Crippen LogP contribution is 2.31. The van der Waals surface area contributed by atoms with Gasteiger partial charge in [-0.15, -0.1) is 0 Å². The van der Waals surface area contributed by atoms with Crippen molar-refractivity contribution >= 4 is 40.9 Å². The molecule has 0 aromatic heterocycles. The summed E-state index contributed by atoms with van der Waals surface area (Å²) in [4.78, 5) is 12.8. The molecule has 0 fully saturated rings. The second-order valence-electron chi connectivity index (χ2n) is 3.50. The van der Waals surface area contributed by atoms with E-state index in [-0.39, 0.29) is 10.6 Å². The lowest BCUT2D eigenvalue weighted by molar-refractivity contribution is 0.0697.